The molecule has 1 amide bonds. The van der Waals surface area contributed by atoms with Gasteiger partial charge in [-0.3, -0.25) is 14.1 Å². The molecular weight excluding hydrogens is 442 g/mol. The van der Waals surface area contributed by atoms with Crippen molar-refractivity contribution in [2.24, 2.45) is 7.05 Å². The monoisotopic (exact) mass is 465 g/mol. The number of hydrogen-bond acceptors (Lipinski definition) is 8. The molecule has 1 aliphatic carbocycles. The highest BCUT2D eigenvalue weighted by Gasteiger charge is 2.30. The van der Waals surface area contributed by atoms with E-state index >= 15 is 0 Å². The molecule has 1 aliphatic rings. The smallest absolute Gasteiger partial charge is 0.407 e. The minimum Gasteiger partial charge on any atom is -0.453 e. The molecular formula is C22H23N7O3S. The maximum atomic E-state index is 13.0. The quantitative estimate of drug-likeness (QED) is 0.464. The van der Waals surface area contributed by atoms with Gasteiger partial charge in [0.2, 0.25) is 0 Å². The number of rotatable bonds is 5. The molecule has 4 heterocycles. The number of hydrogen-bond donors (Lipinski definition) is 2. The first kappa shape index (κ1) is 21.1. The van der Waals surface area contributed by atoms with E-state index in [0.29, 0.717) is 17.4 Å². The van der Waals surface area contributed by atoms with Gasteiger partial charge >= 0.3 is 11.8 Å². The van der Waals surface area contributed by atoms with E-state index in [1.165, 1.54) is 18.4 Å². The molecule has 0 aliphatic heterocycles. The fraction of sp³-hybridized carbons (Fsp3) is 0.318. The Bertz CT molecular complexity index is 1360. The third kappa shape index (κ3) is 4.07. The number of methoxy groups -OCH3 is 1. The molecule has 1 saturated carbocycles. The van der Waals surface area contributed by atoms with Crippen molar-refractivity contribution in [3.8, 4) is 11.3 Å². The Hall–Kier alpha value is -3.73. The summed E-state index contributed by atoms with van der Waals surface area (Å²) >= 11 is 1.48. The van der Waals surface area contributed by atoms with E-state index in [1.807, 2.05) is 28.1 Å². The van der Waals surface area contributed by atoms with E-state index in [1.54, 1.807) is 30.2 Å². The van der Waals surface area contributed by atoms with Crippen molar-refractivity contribution in [1.29, 1.82) is 0 Å². The molecule has 0 saturated heterocycles. The van der Waals surface area contributed by atoms with Crippen LogP contribution in [0.1, 0.15) is 25.3 Å². The molecule has 170 valence electrons. The summed E-state index contributed by atoms with van der Waals surface area (Å²) in [5.41, 5.74) is 3.31. The van der Waals surface area contributed by atoms with Gasteiger partial charge in [0.1, 0.15) is 5.82 Å². The predicted octanol–water partition coefficient (Wildman–Crippen LogP) is 3.45. The van der Waals surface area contributed by atoms with Gasteiger partial charge in [0.25, 0.3) is 0 Å². The van der Waals surface area contributed by atoms with Crippen molar-refractivity contribution in [2.45, 2.75) is 31.3 Å². The number of imidazole rings is 1. The normalized spacial score (nSPS) is 17.9. The van der Waals surface area contributed by atoms with E-state index < -0.39 is 6.09 Å². The van der Waals surface area contributed by atoms with Gasteiger partial charge in [-0.1, -0.05) is 0 Å². The molecule has 11 heteroatoms. The number of carbonyl (C=O) groups excluding carboxylic acids is 1. The van der Waals surface area contributed by atoms with Crippen LogP contribution in [0.25, 0.3) is 22.3 Å². The minimum atomic E-state index is -0.448. The minimum absolute atomic E-state index is 0.0169. The summed E-state index contributed by atoms with van der Waals surface area (Å²) in [6.07, 6.45) is 6.97. The van der Waals surface area contributed by atoms with Crippen LogP contribution in [0.5, 0.6) is 0 Å². The zero-order valence-corrected chi connectivity index (χ0v) is 19.0. The van der Waals surface area contributed by atoms with Crippen LogP contribution in [0, 0.1) is 0 Å². The van der Waals surface area contributed by atoms with E-state index in [4.69, 9.17) is 4.74 Å². The van der Waals surface area contributed by atoms with Crippen molar-refractivity contribution < 1.29 is 9.53 Å². The molecule has 4 aromatic rings. The van der Waals surface area contributed by atoms with Gasteiger partial charge in [-0.2, -0.15) is 0 Å². The average molecular weight is 466 g/mol. The maximum Gasteiger partial charge on any atom is 0.407 e. The van der Waals surface area contributed by atoms with Crippen molar-refractivity contribution in [1.82, 2.24) is 29.4 Å². The van der Waals surface area contributed by atoms with Gasteiger partial charge in [-0.05, 0) is 31.4 Å². The number of ether oxygens (including phenoxy) is 1. The molecule has 0 unspecified atom stereocenters. The van der Waals surface area contributed by atoms with Crippen LogP contribution < -0.4 is 16.3 Å². The summed E-state index contributed by atoms with van der Waals surface area (Å²) in [4.78, 5) is 37.8. The molecule has 2 N–H and O–H groups in total. The van der Waals surface area contributed by atoms with Gasteiger partial charge in [-0.15, -0.1) is 11.3 Å². The van der Waals surface area contributed by atoms with Gasteiger partial charge < -0.3 is 15.4 Å². The van der Waals surface area contributed by atoms with Gasteiger partial charge in [0.15, 0.2) is 5.13 Å². The maximum absolute atomic E-state index is 13.0. The highest BCUT2D eigenvalue weighted by molar-refractivity contribution is 7.14. The molecule has 0 spiro atoms. The second-order valence-corrected chi connectivity index (χ2v) is 8.83. The van der Waals surface area contributed by atoms with Crippen LogP contribution in [0.15, 0.2) is 47.0 Å². The molecule has 5 rings (SSSR count). The van der Waals surface area contributed by atoms with E-state index in [9.17, 15) is 9.59 Å². The second kappa shape index (κ2) is 8.66. The number of thiazole rings is 1. The zero-order valence-electron chi connectivity index (χ0n) is 18.2. The lowest BCUT2D eigenvalue weighted by molar-refractivity contribution is 0.166. The third-order valence-corrected chi connectivity index (χ3v) is 6.73. The Kier molecular flexibility index (Phi) is 5.55. The molecule has 4 aromatic heterocycles. The lowest BCUT2D eigenvalue weighted by Gasteiger charge is -2.14. The van der Waals surface area contributed by atoms with Crippen LogP contribution in [0.4, 0.5) is 15.7 Å². The van der Waals surface area contributed by atoms with Crippen molar-refractivity contribution in [3.63, 3.8) is 0 Å². The molecule has 0 bridgehead atoms. The summed E-state index contributed by atoms with van der Waals surface area (Å²) in [6, 6.07) is 5.67. The summed E-state index contributed by atoms with van der Waals surface area (Å²) in [5, 5.41) is 8.79. The topological polar surface area (TPSA) is 116 Å². The number of fused-ring (bicyclic) bond motifs is 1. The molecule has 0 radical (unpaired) electrons. The number of nitrogens with one attached hydrogen (secondary N) is 2. The Morgan fingerprint density at radius 1 is 1.24 bits per heavy atom. The van der Waals surface area contributed by atoms with Crippen LogP contribution in [-0.2, 0) is 11.8 Å². The number of anilines is 2. The van der Waals surface area contributed by atoms with Crippen LogP contribution in [0.2, 0.25) is 0 Å². The lowest BCUT2D eigenvalue weighted by Crippen LogP contribution is -2.33. The summed E-state index contributed by atoms with van der Waals surface area (Å²) in [7, 11) is 3.10. The summed E-state index contributed by atoms with van der Waals surface area (Å²) in [6.45, 7) is 0. The molecule has 33 heavy (non-hydrogen) atoms. The Morgan fingerprint density at radius 3 is 2.85 bits per heavy atom. The van der Waals surface area contributed by atoms with E-state index in [-0.39, 0.29) is 17.8 Å². The number of amides is 1. The van der Waals surface area contributed by atoms with Gasteiger partial charge in [-0.25, -0.2) is 19.6 Å². The van der Waals surface area contributed by atoms with Crippen LogP contribution in [-0.4, -0.2) is 43.3 Å². The predicted molar refractivity (Wildman–Crippen MR) is 126 cm³/mol. The Balaban J connectivity index is 1.42. The molecule has 2 atom stereocenters. The third-order valence-electron chi connectivity index (χ3n) is 5.97. The van der Waals surface area contributed by atoms with Crippen LogP contribution in [0.3, 0.4) is 0 Å². The summed E-state index contributed by atoms with van der Waals surface area (Å²) < 4.78 is 8.13. The molecule has 10 nitrogen and oxygen atoms in total. The van der Waals surface area contributed by atoms with Gasteiger partial charge in [0, 0.05) is 48.5 Å². The number of pyridine rings is 2. The Labute approximate surface area is 193 Å². The number of aromatic nitrogens is 5. The summed E-state index contributed by atoms with van der Waals surface area (Å²) in [5.74, 6) is 0.611. The average Bonchev–Trinajstić information content (AvgIpc) is 3.54. The first-order chi connectivity index (χ1) is 16.0. The van der Waals surface area contributed by atoms with Crippen molar-refractivity contribution >= 4 is 39.4 Å². The number of nitrogens with zero attached hydrogens (tertiary/aromatic N) is 5. The molecule has 1 fully saturated rings. The fourth-order valence-electron chi connectivity index (χ4n) is 4.32. The SMILES string of the molecule is COC(=O)N[C@@H]1CC[C@@H](n2c(=O)n(C)c3cnc(Nc4nc(-c5ccncc5)cs4)cc32)C1. The number of alkyl carbamates (subject to hydrolysis) is 1. The van der Waals surface area contributed by atoms with Crippen LogP contribution >= 0.6 is 11.3 Å². The lowest BCUT2D eigenvalue weighted by atomic mass is 10.2. The van der Waals surface area contributed by atoms with E-state index in [0.717, 1.165) is 35.1 Å². The van der Waals surface area contributed by atoms with Gasteiger partial charge in [0.05, 0.1) is 30.0 Å². The number of aryl methyl sites for hydroxylation is 1. The molecule has 0 aromatic carbocycles. The Morgan fingerprint density at radius 2 is 2.06 bits per heavy atom. The largest absolute Gasteiger partial charge is 0.453 e. The highest BCUT2D eigenvalue weighted by Crippen LogP contribution is 2.33. The van der Waals surface area contributed by atoms with E-state index in [2.05, 4.69) is 25.6 Å². The first-order valence-electron chi connectivity index (χ1n) is 10.6. The fourth-order valence-corrected chi connectivity index (χ4v) is 5.05. The highest BCUT2D eigenvalue weighted by atomic mass is 32.1. The number of carbonyl (C=O) groups is 1. The van der Waals surface area contributed by atoms with Crippen molar-refractivity contribution in [2.75, 3.05) is 12.4 Å². The zero-order chi connectivity index (χ0) is 22.9. The van der Waals surface area contributed by atoms with Crippen molar-refractivity contribution in [3.05, 3.63) is 52.7 Å². The first-order valence-corrected chi connectivity index (χ1v) is 11.5. The second-order valence-electron chi connectivity index (χ2n) is 7.97. The standard InChI is InChI=1S/C22H23N7O3S/c1-28-18-11-24-19(27-20-26-16(12-33-20)13-5-7-23-8-6-13)10-17(18)29(22(28)31)15-4-3-14(9-15)25-21(30)32-2/h5-8,10-12,14-15H,3-4,9H2,1-2H3,(H,25,30)(H,24,26,27)/t14-,15-/m1/s1.